The Bertz CT molecular complexity index is 371. The fourth-order valence-corrected chi connectivity index (χ4v) is 1.14. The summed E-state index contributed by atoms with van der Waals surface area (Å²) in [4.78, 5) is 21.7. The monoisotopic (exact) mass is 179 g/mol. The maximum absolute atomic E-state index is 11.0. The molecule has 13 heavy (non-hydrogen) atoms. The molecule has 0 radical (unpaired) electrons. The van der Waals surface area contributed by atoms with Crippen molar-refractivity contribution in [1.29, 1.82) is 0 Å². The zero-order chi connectivity index (χ0) is 10.0. The van der Waals surface area contributed by atoms with Gasteiger partial charge in [-0.25, -0.2) is 4.79 Å². The van der Waals surface area contributed by atoms with Gasteiger partial charge in [0.05, 0.1) is 11.1 Å². The van der Waals surface area contributed by atoms with Crippen LogP contribution in [0.25, 0.3) is 0 Å². The van der Waals surface area contributed by atoms with Crippen LogP contribution in [0.15, 0.2) is 18.2 Å². The van der Waals surface area contributed by atoms with Crippen molar-refractivity contribution in [2.75, 3.05) is 5.73 Å². The number of nitrogen functional groups attached to an aromatic ring is 1. The van der Waals surface area contributed by atoms with Crippen LogP contribution in [0.3, 0.4) is 0 Å². The molecule has 0 unspecified atom stereocenters. The molecule has 0 fully saturated rings. The Labute approximate surface area is 75.0 Å². The third-order valence-corrected chi connectivity index (χ3v) is 1.68. The van der Waals surface area contributed by atoms with Crippen LogP contribution in [0.1, 0.15) is 27.6 Å². The Morgan fingerprint density at radius 1 is 1.38 bits per heavy atom. The number of nitrogens with two attached hydrogens (primary N) is 1. The van der Waals surface area contributed by atoms with Crippen LogP contribution in [-0.2, 0) is 0 Å². The molecule has 3 N–H and O–H groups in total. The standard InChI is InChI=1S/C9H9NO3/c1-5(11)8-6(9(12)13)3-2-4-7(8)10/h2-4H,10H2,1H3,(H,12,13). The van der Waals surface area contributed by atoms with Gasteiger partial charge in [0.15, 0.2) is 5.78 Å². The van der Waals surface area contributed by atoms with E-state index >= 15 is 0 Å². The summed E-state index contributed by atoms with van der Waals surface area (Å²) >= 11 is 0. The molecule has 0 saturated heterocycles. The summed E-state index contributed by atoms with van der Waals surface area (Å²) in [5.41, 5.74) is 5.71. The topological polar surface area (TPSA) is 80.4 Å². The van der Waals surface area contributed by atoms with Crippen LogP contribution in [0.2, 0.25) is 0 Å². The van der Waals surface area contributed by atoms with Crippen molar-refractivity contribution < 1.29 is 14.7 Å². The van der Waals surface area contributed by atoms with Gasteiger partial charge in [0, 0.05) is 5.69 Å². The Morgan fingerprint density at radius 3 is 2.38 bits per heavy atom. The number of carbonyl (C=O) groups excluding carboxylic acids is 1. The van der Waals surface area contributed by atoms with Crippen LogP contribution in [0.5, 0.6) is 0 Å². The highest BCUT2D eigenvalue weighted by Crippen LogP contribution is 2.17. The number of hydrogen-bond donors (Lipinski definition) is 2. The lowest BCUT2D eigenvalue weighted by Crippen LogP contribution is -2.09. The van der Waals surface area contributed by atoms with E-state index < -0.39 is 5.97 Å². The largest absolute Gasteiger partial charge is 0.478 e. The number of Topliss-reactive ketones (excluding diaryl/α,β-unsaturated/α-hetero) is 1. The second-order valence-corrected chi connectivity index (χ2v) is 2.63. The third kappa shape index (κ3) is 1.66. The molecule has 1 aromatic rings. The van der Waals surface area contributed by atoms with E-state index in [1.54, 1.807) is 0 Å². The summed E-state index contributed by atoms with van der Waals surface area (Å²) in [5.74, 6) is -1.48. The van der Waals surface area contributed by atoms with E-state index in [0.29, 0.717) is 0 Å². The minimum atomic E-state index is -1.14. The normalized spacial score (nSPS) is 9.62. The first kappa shape index (κ1) is 9.25. The predicted molar refractivity (Wildman–Crippen MR) is 47.8 cm³/mol. The highest BCUT2D eigenvalue weighted by atomic mass is 16.4. The van der Waals surface area contributed by atoms with Crippen LogP contribution >= 0.6 is 0 Å². The highest BCUT2D eigenvalue weighted by Gasteiger charge is 2.15. The molecule has 4 nitrogen and oxygen atoms in total. The summed E-state index contributed by atoms with van der Waals surface area (Å²) in [7, 11) is 0. The van der Waals surface area contributed by atoms with Gasteiger partial charge in [-0.15, -0.1) is 0 Å². The summed E-state index contributed by atoms with van der Waals surface area (Å²) in [5, 5.41) is 8.73. The molecule has 0 aliphatic rings. The summed E-state index contributed by atoms with van der Waals surface area (Å²) < 4.78 is 0. The number of aromatic carboxylic acids is 1. The summed E-state index contributed by atoms with van der Waals surface area (Å²) in [6.07, 6.45) is 0. The molecule has 1 rings (SSSR count). The van der Waals surface area contributed by atoms with Crippen molar-refractivity contribution in [3.05, 3.63) is 29.3 Å². The van der Waals surface area contributed by atoms with E-state index in [1.165, 1.54) is 25.1 Å². The molecular weight excluding hydrogens is 170 g/mol. The van der Waals surface area contributed by atoms with Crippen molar-refractivity contribution in [2.45, 2.75) is 6.92 Å². The zero-order valence-electron chi connectivity index (χ0n) is 7.07. The lowest BCUT2D eigenvalue weighted by molar-refractivity contribution is 0.0692. The fraction of sp³-hybridized carbons (Fsp3) is 0.111. The first-order valence-corrected chi connectivity index (χ1v) is 3.66. The SMILES string of the molecule is CC(=O)c1c(N)cccc1C(=O)O. The summed E-state index contributed by atoms with van der Waals surface area (Å²) in [6.45, 7) is 1.29. The molecule has 0 aliphatic heterocycles. The average Bonchev–Trinajstić information content (AvgIpc) is 2.02. The van der Waals surface area contributed by atoms with Crippen LogP contribution < -0.4 is 5.73 Å². The number of ketones is 1. The second kappa shape index (κ2) is 3.26. The van der Waals surface area contributed by atoms with Crippen LogP contribution in [0.4, 0.5) is 5.69 Å². The van der Waals surface area contributed by atoms with Gasteiger partial charge in [-0.2, -0.15) is 0 Å². The molecular formula is C9H9NO3. The molecule has 68 valence electrons. The number of hydrogen-bond acceptors (Lipinski definition) is 3. The van der Waals surface area contributed by atoms with Gasteiger partial charge in [-0.1, -0.05) is 6.07 Å². The smallest absolute Gasteiger partial charge is 0.336 e. The van der Waals surface area contributed by atoms with E-state index in [1.807, 2.05) is 0 Å². The van der Waals surface area contributed by atoms with Crippen LogP contribution in [0, 0.1) is 0 Å². The van der Waals surface area contributed by atoms with Crippen molar-refractivity contribution in [3.8, 4) is 0 Å². The van der Waals surface area contributed by atoms with Gasteiger partial charge in [0.25, 0.3) is 0 Å². The van der Waals surface area contributed by atoms with Gasteiger partial charge in [-0.05, 0) is 19.1 Å². The van der Waals surface area contributed by atoms with Gasteiger partial charge in [0.2, 0.25) is 0 Å². The average molecular weight is 179 g/mol. The predicted octanol–water partition coefficient (Wildman–Crippen LogP) is 1.17. The number of rotatable bonds is 2. The van der Waals surface area contributed by atoms with Gasteiger partial charge >= 0.3 is 5.97 Å². The quantitative estimate of drug-likeness (QED) is 0.527. The van der Waals surface area contributed by atoms with Crippen molar-refractivity contribution in [1.82, 2.24) is 0 Å². The lowest BCUT2D eigenvalue weighted by Gasteiger charge is -2.04. The molecule has 0 aromatic heterocycles. The molecule has 0 atom stereocenters. The summed E-state index contributed by atoms with van der Waals surface area (Å²) in [6, 6.07) is 4.36. The molecule has 0 heterocycles. The lowest BCUT2D eigenvalue weighted by atomic mass is 10.0. The van der Waals surface area contributed by atoms with Gasteiger partial charge < -0.3 is 10.8 Å². The number of benzene rings is 1. The minimum absolute atomic E-state index is 0.0486. The fourth-order valence-electron chi connectivity index (χ4n) is 1.14. The van der Waals surface area contributed by atoms with Crippen molar-refractivity contribution in [3.63, 3.8) is 0 Å². The van der Waals surface area contributed by atoms with E-state index in [9.17, 15) is 9.59 Å². The maximum atomic E-state index is 11.0. The Hall–Kier alpha value is -1.84. The maximum Gasteiger partial charge on any atom is 0.336 e. The van der Waals surface area contributed by atoms with E-state index in [0.717, 1.165) is 0 Å². The Balaban J connectivity index is 3.43. The first-order valence-electron chi connectivity index (χ1n) is 3.66. The van der Waals surface area contributed by atoms with Crippen molar-refractivity contribution in [2.24, 2.45) is 0 Å². The van der Waals surface area contributed by atoms with Crippen LogP contribution in [-0.4, -0.2) is 16.9 Å². The molecule has 1 aromatic carbocycles. The second-order valence-electron chi connectivity index (χ2n) is 2.63. The molecule has 0 amide bonds. The number of anilines is 1. The number of carbonyl (C=O) groups is 2. The highest BCUT2D eigenvalue weighted by molar-refractivity contribution is 6.08. The van der Waals surface area contributed by atoms with Crippen molar-refractivity contribution >= 4 is 17.4 Å². The van der Waals surface area contributed by atoms with E-state index in [2.05, 4.69) is 0 Å². The molecule has 0 aliphatic carbocycles. The molecule has 4 heteroatoms. The minimum Gasteiger partial charge on any atom is -0.478 e. The van der Waals surface area contributed by atoms with E-state index in [4.69, 9.17) is 10.8 Å². The number of carboxylic acids is 1. The Kier molecular flexibility index (Phi) is 2.32. The van der Waals surface area contributed by atoms with Gasteiger partial charge in [0.1, 0.15) is 0 Å². The Morgan fingerprint density at radius 2 is 2.00 bits per heavy atom. The molecule has 0 saturated carbocycles. The number of carboxylic acid groups (broad SMARTS) is 1. The first-order chi connectivity index (χ1) is 6.04. The molecule has 0 bridgehead atoms. The zero-order valence-corrected chi connectivity index (χ0v) is 7.07. The van der Waals surface area contributed by atoms with E-state index in [-0.39, 0.29) is 22.6 Å². The molecule has 0 spiro atoms. The third-order valence-electron chi connectivity index (χ3n) is 1.68. The van der Waals surface area contributed by atoms with Gasteiger partial charge in [-0.3, -0.25) is 4.79 Å².